The van der Waals surface area contributed by atoms with Crippen molar-refractivity contribution in [3.05, 3.63) is 23.9 Å². The molecule has 0 saturated carbocycles. The van der Waals surface area contributed by atoms with Crippen molar-refractivity contribution in [3.63, 3.8) is 0 Å². The van der Waals surface area contributed by atoms with Crippen LogP contribution in [-0.2, 0) is 0 Å². The second-order valence-electron chi connectivity index (χ2n) is 2.24. The van der Waals surface area contributed by atoms with E-state index < -0.39 is 6.03 Å². The SMILES string of the molecule is NC(=O)NC1=CC=CC(=S)C1Br. The second kappa shape index (κ2) is 3.82. The van der Waals surface area contributed by atoms with Gasteiger partial charge < -0.3 is 11.1 Å². The van der Waals surface area contributed by atoms with Gasteiger partial charge in [0.15, 0.2) is 0 Å². The van der Waals surface area contributed by atoms with Gasteiger partial charge in [-0.1, -0.05) is 34.2 Å². The summed E-state index contributed by atoms with van der Waals surface area (Å²) in [5.74, 6) is 0. The Morgan fingerprint density at radius 1 is 1.75 bits per heavy atom. The average Bonchev–Trinajstić information content (AvgIpc) is 1.98. The summed E-state index contributed by atoms with van der Waals surface area (Å²) in [6.07, 6.45) is 5.31. The number of hydrogen-bond donors (Lipinski definition) is 2. The minimum Gasteiger partial charge on any atom is -0.351 e. The third-order valence-electron chi connectivity index (χ3n) is 1.33. The zero-order valence-electron chi connectivity index (χ0n) is 6.08. The number of carbonyl (C=O) groups excluding carboxylic acids is 1. The van der Waals surface area contributed by atoms with Gasteiger partial charge in [0.25, 0.3) is 0 Å². The third kappa shape index (κ3) is 2.15. The summed E-state index contributed by atoms with van der Waals surface area (Å²) in [4.78, 5) is 11.1. The molecule has 0 aliphatic heterocycles. The first-order valence-corrected chi connectivity index (χ1v) is 4.56. The molecule has 0 aromatic heterocycles. The van der Waals surface area contributed by atoms with E-state index in [0.29, 0.717) is 5.70 Å². The Balaban J connectivity index is 2.76. The monoisotopic (exact) mass is 246 g/mol. The summed E-state index contributed by atoms with van der Waals surface area (Å²) < 4.78 is 0. The Hall–Kier alpha value is -0.680. The van der Waals surface area contributed by atoms with E-state index in [2.05, 4.69) is 21.2 Å². The van der Waals surface area contributed by atoms with Crippen LogP contribution in [0.4, 0.5) is 4.79 Å². The van der Waals surface area contributed by atoms with Crippen LogP contribution in [0.25, 0.3) is 0 Å². The first-order valence-electron chi connectivity index (χ1n) is 3.24. The zero-order valence-corrected chi connectivity index (χ0v) is 8.48. The molecule has 0 aromatic rings. The van der Waals surface area contributed by atoms with Gasteiger partial charge in [0.05, 0.1) is 4.83 Å². The quantitative estimate of drug-likeness (QED) is 0.541. The molecule has 3 N–H and O–H groups in total. The van der Waals surface area contributed by atoms with Crippen LogP contribution in [-0.4, -0.2) is 15.7 Å². The number of thiocarbonyl (C=S) groups is 1. The molecule has 1 unspecified atom stereocenters. The van der Waals surface area contributed by atoms with E-state index in [1.807, 2.05) is 0 Å². The van der Waals surface area contributed by atoms with Crippen LogP contribution in [0, 0.1) is 0 Å². The molecule has 1 rings (SSSR count). The summed E-state index contributed by atoms with van der Waals surface area (Å²) in [5, 5.41) is 2.48. The average molecular weight is 247 g/mol. The molecule has 1 aliphatic carbocycles. The Morgan fingerprint density at radius 3 is 3.00 bits per heavy atom. The molecule has 0 spiro atoms. The van der Waals surface area contributed by atoms with E-state index in [4.69, 9.17) is 18.0 Å². The molecule has 0 fully saturated rings. The van der Waals surface area contributed by atoms with Gasteiger partial charge in [-0.25, -0.2) is 4.79 Å². The van der Waals surface area contributed by atoms with Gasteiger partial charge in [-0.3, -0.25) is 0 Å². The van der Waals surface area contributed by atoms with Crippen molar-refractivity contribution in [1.29, 1.82) is 0 Å². The molecule has 5 heteroatoms. The van der Waals surface area contributed by atoms with E-state index >= 15 is 0 Å². The van der Waals surface area contributed by atoms with Gasteiger partial charge >= 0.3 is 6.03 Å². The summed E-state index contributed by atoms with van der Waals surface area (Å²) in [6.45, 7) is 0. The molecule has 1 atom stereocenters. The topological polar surface area (TPSA) is 55.1 Å². The highest BCUT2D eigenvalue weighted by molar-refractivity contribution is 9.10. The highest BCUT2D eigenvalue weighted by atomic mass is 79.9. The predicted octanol–water partition coefficient (Wildman–Crippen LogP) is 1.24. The van der Waals surface area contributed by atoms with Crippen molar-refractivity contribution in [2.75, 3.05) is 0 Å². The standard InChI is InChI=1S/C7H7BrN2OS/c8-6-4(10-7(9)11)2-1-3-5(6)12/h1-3,6H,(H3,9,10,11). The van der Waals surface area contributed by atoms with Crippen molar-refractivity contribution >= 4 is 39.0 Å². The maximum absolute atomic E-state index is 10.5. The van der Waals surface area contributed by atoms with Crippen LogP contribution in [0.5, 0.6) is 0 Å². The Bertz CT molecular complexity index is 285. The lowest BCUT2D eigenvalue weighted by atomic mass is 10.1. The number of carbonyl (C=O) groups is 1. The molecule has 0 heterocycles. The molecule has 2 amide bonds. The van der Waals surface area contributed by atoms with Crippen LogP contribution in [0.15, 0.2) is 23.9 Å². The fourth-order valence-electron chi connectivity index (χ4n) is 0.816. The van der Waals surface area contributed by atoms with Gasteiger partial charge in [-0.05, 0) is 12.2 Å². The van der Waals surface area contributed by atoms with Crippen LogP contribution < -0.4 is 11.1 Å². The zero-order chi connectivity index (χ0) is 9.14. The number of alkyl halides is 1. The Kier molecular flexibility index (Phi) is 2.99. The molecular formula is C7H7BrN2OS. The molecule has 0 saturated heterocycles. The number of allylic oxidation sites excluding steroid dienone is 4. The third-order valence-corrected chi connectivity index (χ3v) is 2.99. The van der Waals surface area contributed by atoms with Gasteiger partial charge in [-0.2, -0.15) is 0 Å². The maximum atomic E-state index is 10.5. The van der Waals surface area contributed by atoms with Gasteiger partial charge in [0, 0.05) is 10.6 Å². The molecule has 3 nitrogen and oxygen atoms in total. The highest BCUT2D eigenvalue weighted by Crippen LogP contribution is 2.16. The lowest BCUT2D eigenvalue weighted by Gasteiger charge is -2.15. The number of nitrogens with one attached hydrogen (secondary N) is 1. The molecule has 0 radical (unpaired) electrons. The summed E-state index contributed by atoms with van der Waals surface area (Å²) >= 11 is 8.31. The highest BCUT2D eigenvalue weighted by Gasteiger charge is 2.17. The normalized spacial score (nSPS) is 21.9. The summed E-state index contributed by atoms with van der Waals surface area (Å²) in [5.41, 5.74) is 5.63. The molecule has 12 heavy (non-hydrogen) atoms. The fourth-order valence-corrected chi connectivity index (χ4v) is 1.44. The number of nitrogens with two attached hydrogens (primary N) is 1. The molecule has 0 bridgehead atoms. The minimum atomic E-state index is -0.580. The molecular weight excluding hydrogens is 240 g/mol. The number of halogens is 1. The first kappa shape index (κ1) is 9.41. The van der Waals surface area contributed by atoms with Crippen LogP contribution in [0.1, 0.15) is 0 Å². The molecule has 64 valence electrons. The van der Waals surface area contributed by atoms with E-state index in [1.54, 1.807) is 18.2 Å². The van der Waals surface area contributed by atoms with Crippen molar-refractivity contribution in [2.24, 2.45) is 5.73 Å². The number of hydrogen-bond acceptors (Lipinski definition) is 2. The minimum absolute atomic E-state index is 0.120. The van der Waals surface area contributed by atoms with Crippen molar-refractivity contribution < 1.29 is 4.79 Å². The molecule has 1 aliphatic rings. The lowest BCUT2D eigenvalue weighted by Crippen LogP contribution is -2.34. The number of rotatable bonds is 1. The van der Waals surface area contributed by atoms with E-state index in [1.165, 1.54) is 0 Å². The number of primary amides is 1. The molecule has 0 aromatic carbocycles. The Labute approximate surface area is 83.8 Å². The predicted molar refractivity (Wildman–Crippen MR) is 55.3 cm³/mol. The fraction of sp³-hybridized carbons (Fsp3) is 0.143. The number of urea groups is 1. The van der Waals surface area contributed by atoms with Crippen molar-refractivity contribution in [2.45, 2.75) is 4.83 Å². The van der Waals surface area contributed by atoms with Crippen LogP contribution >= 0.6 is 28.1 Å². The second-order valence-corrected chi connectivity index (χ2v) is 3.62. The summed E-state index contributed by atoms with van der Waals surface area (Å²) in [7, 11) is 0. The van der Waals surface area contributed by atoms with Gasteiger partial charge in [-0.15, -0.1) is 0 Å². The van der Waals surface area contributed by atoms with E-state index in [0.717, 1.165) is 4.86 Å². The van der Waals surface area contributed by atoms with Crippen molar-refractivity contribution in [1.82, 2.24) is 5.32 Å². The Morgan fingerprint density at radius 2 is 2.42 bits per heavy atom. The lowest BCUT2D eigenvalue weighted by molar-refractivity contribution is 0.251. The van der Waals surface area contributed by atoms with Crippen LogP contribution in [0.2, 0.25) is 0 Å². The van der Waals surface area contributed by atoms with Crippen molar-refractivity contribution in [3.8, 4) is 0 Å². The first-order chi connectivity index (χ1) is 5.61. The van der Waals surface area contributed by atoms with E-state index in [-0.39, 0.29) is 4.83 Å². The van der Waals surface area contributed by atoms with Crippen LogP contribution in [0.3, 0.4) is 0 Å². The van der Waals surface area contributed by atoms with Gasteiger partial charge in [0.1, 0.15) is 0 Å². The van der Waals surface area contributed by atoms with E-state index in [9.17, 15) is 4.79 Å². The van der Waals surface area contributed by atoms with Gasteiger partial charge in [0.2, 0.25) is 0 Å². The number of amides is 2. The largest absolute Gasteiger partial charge is 0.351 e. The maximum Gasteiger partial charge on any atom is 0.316 e. The smallest absolute Gasteiger partial charge is 0.316 e. The summed E-state index contributed by atoms with van der Waals surface area (Å²) in [6, 6.07) is -0.580.